The molecule has 11 heteroatoms. The number of carbonyl (C=O) groups excluding carboxylic acids is 2. The summed E-state index contributed by atoms with van der Waals surface area (Å²) in [5.41, 5.74) is 1.76. The van der Waals surface area contributed by atoms with E-state index >= 15 is 0 Å². The van der Waals surface area contributed by atoms with Crippen LogP contribution in [0.3, 0.4) is 0 Å². The van der Waals surface area contributed by atoms with Gasteiger partial charge in [0.2, 0.25) is 0 Å². The Morgan fingerprint density at radius 3 is 2.53 bits per heavy atom. The minimum absolute atomic E-state index is 0.0426. The van der Waals surface area contributed by atoms with Crippen molar-refractivity contribution in [1.82, 2.24) is 25.3 Å². The summed E-state index contributed by atoms with van der Waals surface area (Å²) in [5.74, 6) is -0.336. The van der Waals surface area contributed by atoms with Crippen molar-refractivity contribution in [3.63, 3.8) is 0 Å². The van der Waals surface area contributed by atoms with Gasteiger partial charge in [0.1, 0.15) is 5.69 Å². The topological polar surface area (TPSA) is 150 Å². The Hall–Kier alpha value is -3.05. The van der Waals surface area contributed by atoms with Gasteiger partial charge in [0.25, 0.3) is 15.9 Å². The lowest BCUT2D eigenvalue weighted by Gasteiger charge is -2.26. The monoisotopic (exact) mass is 461 g/mol. The molecule has 2 atom stereocenters. The second-order valence-corrected chi connectivity index (χ2v) is 9.47. The number of carbonyl (C=O) groups is 2. The summed E-state index contributed by atoms with van der Waals surface area (Å²) in [6, 6.07) is 5.00. The number of benzene rings is 1. The van der Waals surface area contributed by atoms with E-state index < -0.39 is 22.2 Å². The molecule has 1 aromatic carbocycles. The SMILES string of the molecule is Cc1cnc(C(=O)NCCc2ccc(S(=O)(=O)NC(=O)N[C@@H]3CCC[C@H](O)C3)cc2)cn1. The van der Waals surface area contributed by atoms with Crippen molar-refractivity contribution in [2.75, 3.05) is 6.54 Å². The van der Waals surface area contributed by atoms with E-state index in [9.17, 15) is 23.1 Å². The van der Waals surface area contributed by atoms with Crippen LogP contribution in [0.15, 0.2) is 41.6 Å². The van der Waals surface area contributed by atoms with E-state index in [1.54, 1.807) is 19.1 Å². The second-order valence-electron chi connectivity index (χ2n) is 7.79. The zero-order valence-corrected chi connectivity index (χ0v) is 18.6. The number of sulfonamides is 1. The van der Waals surface area contributed by atoms with Gasteiger partial charge in [0.05, 0.1) is 22.9 Å². The lowest BCUT2D eigenvalue weighted by Crippen LogP contribution is -2.46. The van der Waals surface area contributed by atoms with Crippen molar-refractivity contribution in [2.24, 2.45) is 0 Å². The van der Waals surface area contributed by atoms with E-state index in [1.165, 1.54) is 24.5 Å². The standard InChI is InChI=1S/C21H27N5O5S/c1-14-12-24-19(13-23-14)20(28)22-10-9-15-5-7-18(8-6-15)32(30,31)26-21(29)25-16-3-2-4-17(27)11-16/h5-8,12-13,16-17,27H,2-4,9-11H2,1H3,(H,22,28)(H2,25,26,29)/t16-,17+/m1/s1. The van der Waals surface area contributed by atoms with E-state index in [-0.39, 0.29) is 22.5 Å². The van der Waals surface area contributed by atoms with Crippen molar-refractivity contribution >= 4 is 22.0 Å². The van der Waals surface area contributed by atoms with Crippen LogP contribution in [0.5, 0.6) is 0 Å². The third-order valence-corrected chi connectivity index (χ3v) is 6.50. The quantitative estimate of drug-likeness (QED) is 0.481. The van der Waals surface area contributed by atoms with Gasteiger partial charge in [-0.2, -0.15) is 0 Å². The number of aliphatic hydroxyl groups excluding tert-OH is 1. The Balaban J connectivity index is 1.48. The molecular formula is C21H27N5O5S. The third-order valence-electron chi connectivity index (χ3n) is 5.16. The smallest absolute Gasteiger partial charge is 0.328 e. The number of aromatic nitrogens is 2. The van der Waals surface area contributed by atoms with Crippen LogP contribution in [0.2, 0.25) is 0 Å². The minimum atomic E-state index is -4.02. The molecule has 0 saturated heterocycles. The molecule has 1 heterocycles. The first-order valence-electron chi connectivity index (χ1n) is 10.4. The summed E-state index contributed by atoms with van der Waals surface area (Å²) in [4.78, 5) is 32.1. The average molecular weight is 462 g/mol. The molecule has 4 N–H and O–H groups in total. The van der Waals surface area contributed by atoms with Gasteiger partial charge in [0.15, 0.2) is 0 Å². The van der Waals surface area contributed by atoms with Gasteiger partial charge in [0, 0.05) is 18.8 Å². The molecule has 1 aliphatic rings. The van der Waals surface area contributed by atoms with Crippen molar-refractivity contribution < 1.29 is 23.1 Å². The summed E-state index contributed by atoms with van der Waals surface area (Å²) in [5, 5.41) is 15.0. The van der Waals surface area contributed by atoms with Crippen LogP contribution in [0.25, 0.3) is 0 Å². The highest BCUT2D eigenvalue weighted by molar-refractivity contribution is 7.90. The first kappa shape index (κ1) is 23.6. The van der Waals surface area contributed by atoms with Gasteiger partial charge in [-0.3, -0.25) is 9.78 Å². The third kappa shape index (κ3) is 6.72. The molecule has 0 spiro atoms. The molecule has 0 unspecified atom stereocenters. The van der Waals surface area contributed by atoms with Crippen LogP contribution in [-0.4, -0.2) is 54.1 Å². The number of aryl methyl sites for hydroxylation is 1. The zero-order valence-electron chi connectivity index (χ0n) is 17.7. The Morgan fingerprint density at radius 1 is 1.12 bits per heavy atom. The molecule has 3 amide bonds. The Kier molecular flexibility index (Phi) is 7.75. The van der Waals surface area contributed by atoms with Crippen LogP contribution >= 0.6 is 0 Å². The molecule has 2 aromatic rings. The summed E-state index contributed by atoms with van der Waals surface area (Å²) >= 11 is 0. The normalized spacial score (nSPS) is 18.6. The summed E-state index contributed by atoms with van der Waals surface area (Å²) in [6.45, 7) is 2.12. The van der Waals surface area contributed by atoms with Gasteiger partial charge in [-0.05, 0) is 56.7 Å². The summed E-state index contributed by atoms with van der Waals surface area (Å²) < 4.78 is 26.9. The number of nitrogens with zero attached hydrogens (tertiary/aromatic N) is 2. The van der Waals surface area contributed by atoms with Crippen LogP contribution < -0.4 is 15.4 Å². The van der Waals surface area contributed by atoms with Crippen LogP contribution in [0.4, 0.5) is 4.79 Å². The second kappa shape index (κ2) is 10.5. The fraction of sp³-hybridized carbons (Fsp3) is 0.429. The summed E-state index contributed by atoms with van der Waals surface area (Å²) in [6.07, 6.45) is 5.51. The lowest BCUT2D eigenvalue weighted by atomic mass is 9.93. The van der Waals surface area contributed by atoms with E-state index in [2.05, 4.69) is 20.6 Å². The zero-order chi connectivity index (χ0) is 23.1. The molecular weight excluding hydrogens is 434 g/mol. The predicted octanol–water partition coefficient (Wildman–Crippen LogP) is 1.05. The molecule has 3 rings (SSSR count). The molecule has 1 aliphatic carbocycles. The van der Waals surface area contributed by atoms with E-state index in [4.69, 9.17) is 0 Å². The predicted molar refractivity (Wildman–Crippen MR) is 116 cm³/mol. The fourth-order valence-corrected chi connectivity index (χ4v) is 4.36. The average Bonchev–Trinajstić information content (AvgIpc) is 2.74. The number of amides is 3. The van der Waals surface area contributed by atoms with Crippen molar-refractivity contribution in [3.8, 4) is 0 Å². The number of urea groups is 1. The first-order chi connectivity index (χ1) is 15.2. The molecule has 1 fully saturated rings. The molecule has 1 saturated carbocycles. The minimum Gasteiger partial charge on any atom is -0.393 e. The van der Waals surface area contributed by atoms with Gasteiger partial charge in [-0.1, -0.05) is 12.1 Å². The molecule has 0 aliphatic heterocycles. The molecule has 0 radical (unpaired) electrons. The van der Waals surface area contributed by atoms with E-state index in [1.807, 2.05) is 4.72 Å². The van der Waals surface area contributed by atoms with E-state index in [0.717, 1.165) is 17.7 Å². The largest absolute Gasteiger partial charge is 0.393 e. The number of hydrogen-bond donors (Lipinski definition) is 4. The van der Waals surface area contributed by atoms with Crippen LogP contribution in [0.1, 0.15) is 47.4 Å². The fourth-order valence-electron chi connectivity index (χ4n) is 3.45. The Bertz CT molecular complexity index is 1040. The maximum atomic E-state index is 12.5. The van der Waals surface area contributed by atoms with Gasteiger partial charge in [-0.15, -0.1) is 0 Å². The number of hydrogen-bond acceptors (Lipinski definition) is 7. The molecule has 32 heavy (non-hydrogen) atoms. The van der Waals surface area contributed by atoms with Gasteiger partial charge >= 0.3 is 6.03 Å². The van der Waals surface area contributed by atoms with Crippen molar-refractivity contribution in [3.05, 3.63) is 53.6 Å². The van der Waals surface area contributed by atoms with Crippen molar-refractivity contribution in [2.45, 2.75) is 56.1 Å². The maximum absolute atomic E-state index is 12.5. The van der Waals surface area contributed by atoms with Gasteiger partial charge in [-0.25, -0.2) is 22.9 Å². The molecule has 10 nitrogen and oxygen atoms in total. The highest BCUT2D eigenvalue weighted by Gasteiger charge is 2.24. The summed E-state index contributed by atoms with van der Waals surface area (Å²) in [7, 11) is -4.02. The van der Waals surface area contributed by atoms with Crippen molar-refractivity contribution in [1.29, 1.82) is 0 Å². The van der Waals surface area contributed by atoms with Gasteiger partial charge < -0.3 is 15.7 Å². The highest BCUT2D eigenvalue weighted by atomic mass is 32.2. The molecule has 0 bridgehead atoms. The number of aliphatic hydroxyl groups is 1. The van der Waals surface area contributed by atoms with E-state index in [0.29, 0.717) is 32.2 Å². The number of nitrogens with one attached hydrogen (secondary N) is 3. The Morgan fingerprint density at radius 2 is 1.88 bits per heavy atom. The lowest BCUT2D eigenvalue weighted by molar-refractivity contribution is 0.0948. The maximum Gasteiger partial charge on any atom is 0.328 e. The number of rotatable bonds is 7. The highest BCUT2D eigenvalue weighted by Crippen LogP contribution is 2.18. The Labute approximate surface area is 186 Å². The molecule has 172 valence electrons. The van der Waals surface area contributed by atoms with Crippen LogP contribution in [-0.2, 0) is 16.4 Å². The first-order valence-corrected chi connectivity index (χ1v) is 11.9. The van der Waals surface area contributed by atoms with Crippen LogP contribution in [0, 0.1) is 6.92 Å². The molecule has 1 aromatic heterocycles.